The smallest absolute Gasteiger partial charge is 0.341 e. The summed E-state index contributed by atoms with van der Waals surface area (Å²) in [4.78, 5) is 15.3. The van der Waals surface area contributed by atoms with E-state index in [1.165, 1.54) is 25.6 Å². The van der Waals surface area contributed by atoms with Gasteiger partial charge in [0.05, 0.1) is 26.1 Å². The van der Waals surface area contributed by atoms with Crippen molar-refractivity contribution in [2.24, 2.45) is 5.10 Å². The van der Waals surface area contributed by atoms with Crippen molar-refractivity contribution in [1.82, 2.24) is 4.98 Å². The number of hydrazone groups is 1. The molecule has 0 fully saturated rings. The second kappa shape index (κ2) is 9.56. The zero-order valence-corrected chi connectivity index (χ0v) is 16.6. The molecule has 2 N–H and O–H groups in total. The van der Waals surface area contributed by atoms with Crippen LogP contribution in [0, 0.1) is 0 Å². The summed E-state index contributed by atoms with van der Waals surface area (Å²) in [6.07, 6.45) is 1.58. The van der Waals surface area contributed by atoms with Gasteiger partial charge in [-0.1, -0.05) is 30.3 Å². The molecule has 0 atom stereocenters. The minimum absolute atomic E-state index is 0.218. The second-order valence-corrected chi connectivity index (χ2v) is 6.57. The number of thiazole rings is 1. The molecule has 150 valence electrons. The van der Waals surface area contributed by atoms with Gasteiger partial charge in [0.1, 0.15) is 0 Å². The van der Waals surface area contributed by atoms with Crippen LogP contribution in [0.3, 0.4) is 0 Å². The summed E-state index contributed by atoms with van der Waals surface area (Å²) in [6.45, 7) is -0.504. The number of ether oxygens (including phenoxy) is 3. The highest BCUT2D eigenvalue weighted by molar-refractivity contribution is 7.14. The van der Waals surface area contributed by atoms with Gasteiger partial charge in [-0.05, 0) is 12.1 Å². The topological polar surface area (TPSA) is 102 Å². The fraction of sp³-hybridized carbons (Fsp3) is 0.150. The molecule has 0 amide bonds. The van der Waals surface area contributed by atoms with E-state index in [9.17, 15) is 4.79 Å². The van der Waals surface area contributed by atoms with Crippen LogP contribution in [0.25, 0.3) is 11.3 Å². The fourth-order valence-electron chi connectivity index (χ4n) is 2.48. The molecule has 0 aliphatic carbocycles. The Morgan fingerprint density at radius 3 is 2.52 bits per heavy atom. The molecule has 0 radical (unpaired) electrons. The maximum atomic E-state index is 10.8. The average molecular weight is 413 g/mol. The number of hydrogen-bond acceptors (Lipinski definition) is 8. The number of anilines is 1. The van der Waals surface area contributed by atoms with Gasteiger partial charge in [0.15, 0.2) is 18.1 Å². The van der Waals surface area contributed by atoms with Crippen LogP contribution in [-0.4, -0.2) is 43.1 Å². The monoisotopic (exact) mass is 413 g/mol. The molecule has 1 heterocycles. The lowest BCUT2D eigenvalue weighted by atomic mass is 10.2. The number of hydrogen-bond donors (Lipinski definition) is 2. The Morgan fingerprint density at radius 1 is 1.21 bits per heavy atom. The van der Waals surface area contributed by atoms with Gasteiger partial charge in [-0.2, -0.15) is 5.10 Å². The van der Waals surface area contributed by atoms with Gasteiger partial charge in [0.25, 0.3) is 0 Å². The lowest BCUT2D eigenvalue weighted by Crippen LogP contribution is -2.11. The van der Waals surface area contributed by atoms with Gasteiger partial charge < -0.3 is 19.3 Å². The third kappa shape index (κ3) is 5.23. The normalized spacial score (nSPS) is 10.7. The van der Waals surface area contributed by atoms with E-state index in [1.54, 1.807) is 18.3 Å². The number of carboxylic acid groups (broad SMARTS) is 1. The van der Waals surface area contributed by atoms with Crippen molar-refractivity contribution in [1.29, 1.82) is 0 Å². The zero-order chi connectivity index (χ0) is 20.6. The lowest BCUT2D eigenvalue weighted by molar-refractivity contribution is -0.139. The predicted molar refractivity (Wildman–Crippen MR) is 111 cm³/mol. The third-order valence-corrected chi connectivity index (χ3v) is 4.52. The van der Waals surface area contributed by atoms with Gasteiger partial charge in [-0.15, -0.1) is 11.3 Å². The lowest BCUT2D eigenvalue weighted by Gasteiger charge is -2.14. The summed E-state index contributed by atoms with van der Waals surface area (Å²) in [5, 5.41) is 15.6. The van der Waals surface area contributed by atoms with E-state index in [-0.39, 0.29) is 5.75 Å². The van der Waals surface area contributed by atoms with Gasteiger partial charge in [0.2, 0.25) is 10.9 Å². The third-order valence-electron chi connectivity index (χ3n) is 3.77. The van der Waals surface area contributed by atoms with Gasteiger partial charge in [-0.25, -0.2) is 9.78 Å². The Balaban J connectivity index is 1.73. The Kier molecular flexibility index (Phi) is 6.64. The summed E-state index contributed by atoms with van der Waals surface area (Å²) >= 11 is 1.45. The summed E-state index contributed by atoms with van der Waals surface area (Å²) in [6, 6.07) is 13.2. The van der Waals surface area contributed by atoms with Crippen molar-refractivity contribution in [3.8, 4) is 28.5 Å². The van der Waals surface area contributed by atoms with Crippen molar-refractivity contribution < 1.29 is 24.1 Å². The second-order valence-electron chi connectivity index (χ2n) is 5.71. The van der Waals surface area contributed by atoms with E-state index >= 15 is 0 Å². The van der Waals surface area contributed by atoms with E-state index in [0.717, 1.165) is 11.3 Å². The number of rotatable bonds is 9. The van der Waals surface area contributed by atoms with Gasteiger partial charge in [-0.3, -0.25) is 5.43 Å². The molecule has 0 saturated carbocycles. The molecule has 0 spiro atoms. The van der Waals surface area contributed by atoms with Crippen LogP contribution >= 0.6 is 11.3 Å². The highest BCUT2D eigenvalue weighted by Crippen LogP contribution is 2.38. The number of nitrogens with zero attached hydrogens (tertiary/aromatic N) is 2. The van der Waals surface area contributed by atoms with Crippen LogP contribution in [0.1, 0.15) is 5.56 Å². The van der Waals surface area contributed by atoms with Crippen LogP contribution in [0.2, 0.25) is 0 Å². The SMILES string of the molecule is COc1cc(C=NNc2nc(-c3ccccc3)cs2)cc(OC)c1OCC(=O)O. The molecular formula is C20H19N3O5S. The number of aliphatic carboxylic acids is 1. The van der Waals surface area contributed by atoms with Gasteiger partial charge >= 0.3 is 5.97 Å². The van der Waals surface area contributed by atoms with Crippen molar-refractivity contribution in [2.45, 2.75) is 0 Å². The summed E-state index contributed by atoms with van der Waals surface area (Å²) in [7, 11) is 2.92. The molecule has 8 nitrogen and oxygen atoms in total. The van der Waals surface area contributed by atoms with Crippen LogP contribution in [0.4, 0.5) is 5.13 Å². The van der Waals surface area contributed by atoms with Gasteiger partial charge in [0, 0.05) is 16.5 Å². The van der Waals surface area contributed by atoms with Crippen LogP contribution in [0.5, 0.6) is 17.2 Å². The zero-order valence-electron chi connectivity index (χ0n) is 15.8. The number of carboxylic acids is 1. The molecule has 0 aliphatic heterocycles. The molecule has 0 bridgehead atoms. The first-order chi connectivity index (χ1) is 14.1. The maximum Gasteiger partial charge on any atom is 0.341 e. The van der Waals surface area contributed by atoms with Crippen LogP contribution < -0.4 is 19.6 Å². The quantitative estimate of drug-likeness (QED) is 0.407. The van der Waals surface area contributed by atoms with Crippen molar-refractivity contribution in [3.63, 3.8) is 0 Å². The van der Waals surface area contributed by atoms with E-state index in [2.05, 4.69) is 15.5 Å². The number of nitrogens with one attached hydrogen (secondary N) is 1. The van der Waals surface area contributed by atoms with Crippen molar-refractivity contribution >= 4 is 28.7 Å². The minimum Gasteiger partial charge on any atom is -0.493 e. The molecule has 2 aromatic carbocycles. The molecule has 9 heteroatoms. The molecule has 3 rings (SSSR count). The highest BCUT2D eigenvalue weighted by Gasteiger charge is 2.15. The summed E-state index contributed by atoms with van der Waals surface area (Å²) < 4.78 is 15.8. The Labute approximate surface area is 171 Å². The highest BCUT2D eigenvalue weighted by atomic mass is 32.1. The largest absolute Gasteiger partial charge is 0.493 e. The summed E-state index contributed by atoms with van der Waals surface area (Å²) in [5.41, 5.74) is 5.48. The predicted octanol–water partition coefficient (Wildman–Crippen LogP) is 3.74. The average Bonchev–Trinajstić information content (AvgIpc) is 3.21. The van der Waals surface area contributed by atoms with Crippen LogP contribution in [-0.2, 0) is 4.79 Å². The molecule has 1 aromatic heterocycles. The molecular weight excluding hydrogens is 394 g/mol. The summed E-state index contributed by atoms with van der Waals surface area (Å²) in [5.74, 6) is -0.197. The van der Waals surface area contributed by atoms with E-state index < -0.39 is 12.6 Å². The Hall–Kier alpha value is -3.59. The molecule has 0 saturated heterocycles. The molecule has 3 aromatic rings. The first kappa shape index (κ1) is 20.2. The van der Waals surface area contributed by atoms with E-state index in [1.807, 2.05) is 35.7 Å². The number of benzene rings is 2. The van der Waals surface area contributed by atoms with Crippen molar-refractivity contribution in [3.05, 3.63) is 53.4 Å². The number of aromatic nitrogens is 1. The Morgan fingerprint density at radius 2 is 1.90 bits per heavy atom. The first-order valence-corrected chi connectivity index (χ1v) is 9.39. The number of methoxy groups -OCH3 is 2. The van der Waals surface area contributed by atoms with E-state index in [0.29, 0.717) is 22.2 Å². The number of carbonyl (C=O) groups is 1. The molecule has 0 aliphatic rings. The minimum atomic E-state index is -1.10. The first-order valence-electron chi connectivity index (χ1n) is 8.51. The fourth-order valence-corrected chi connectivity index (χ4v) is 3.15. The Bertz CT molecular complexity index is 979. The van der Waals surface area contributed by atoms with Crippen molar-refractivity contribution in [2.75, 3.05) is 26.3 Å². The standard InChI is InChI=1S/C20H19N3O5S/c1-26-16-8-13(9-17(27-2)19(16)28-11-18(24)25)10-21-23-20-22-15(12-29-20)14-6-4-3-5-7-14/h3-10,12H,11H2,1-2H3,(H,22,23)(H,24,25). The molecule has 29 heavy (non-hydrogen) atoms. The molecule has 0 unspecified atom stereocenters. The maximum absolute atomic E-state index is 10.8. The van der Waals surface area contributed by atoms with Crippen LogP contribution in [0.15, 0.2) is 52.9 Å². The van der Waals surface area contributed by atoms with E-state index in [4.69, 9.17) is 19.3 Å².